The molecule has 2 aromatic heterocycles. The number of aromatic nitrogens is 3. The molecule has 0 bridgehead atoms. The number of fused-ring (bicyclic) bond motifs is 1. The molecule has 1 saturated carbocycles. The van der Waals surface area contributed by atoms with E-state index in [4.69, 9.17) is 9.97 Å². The summed E-state index contributed by atoms with van der Waals surface area (Å²) in [6.45, 7) is 1.39. The first-order valence-electron chi connectivity index (χ1n) is 10.5. The Bertz CT molecular complexity index is 1060. The van der Waals surface area contributed by atoms with Gasteiger partial charge in [0.05, 0.1) is 10.4 Å². The first-order valence-corrected chi connectivity index (χ1v) is 11.4. The first kappa shape index (κ1) is 19.2. The van der Waals surface area contributed by atoms with Gasteiger partial charge in [0.1, 0.15) is 6.04 Å². The molecule has 8 heteroatoms. The van der Waals surface area contributed by atoms with Gasteiger partial charge in [-0.05, 0) is 31.2 Å². The zero-order valence-electron chi connectivity index (χ0n) is 17.3. The molecule has 156 valence electrons. The van der Waals surface area contributed by atoms with E-state index in [1.165, 1.54) is 12.8 Å². The second-order valence-corrected chi connectivity index (χ2v) is 9.26. The van der Waals surface area contributed by atoms with Crippen molar-refractivity contribution in [2.24, 2.45) is 0 Å². The molecule has 3 aromatic rings. The van der Waals surface area contributed by atoms with E-state index in [-0.39, 0.29) is 11.9 Å². The number of thiazole rings is 1. The van der Waals surface area contributed by atoms with Crippen LogP contribution in [0.1, 0.15) is 42.9 Å². The van der Waals surface area contributed by atoms with Gasteiger partial charge in [-0.3, -0.25) is 4.79 Å². The Morgan fingerprint density at radius 2 is 1.97 bits per heavy atom. The molecule has 30 heavy (non-hydrogen) atoms. The summed E-state index contributed by atoms with van der Waals surface area (Å²) in [4.78, 5) is 31.3. The maximum atomic E-state index is 12.9. The Kier molecular flexibility index (Phi) is 5.02. The number of amides is 1. The van der Waals surface area contributed by atoms with E-state index in [9.17, 15) is 4.79 Å². The lowest BCUT2D eigenvalue weighted by atomic mass is 10.2. The highest BCUT2D eigenvalue weighted by atomic mass is 32.1. The zero-order chi connectivity index (χ0) is 20.7. The Morgan fingerprint density at radius 3 is 2.70 bits per heavy atom. The van der Waals surface area contributed by atoms with E-state index < -0.39 is 0 Å². The van der Waals surface area contributed by atoms with Gasteiger partial charge in [-0.15, -0.1) is 0 Å². The third-order valence-electron chi connectivity index (χ3n) is 5.73. The highest BCUT2D eigenvalue weighted by molar-refractivity contribution is 7.22. The van der Waals surface area contributed by atoms with Crippen LogP contribution in [0.15, 0.2) is 30.3 Å². The van der Waals surface area contributed by atoms with E-state index in [1.807, 2.05) is 49.3 Å². The lowest BCUT2D eigenvalue weighted by Gasteiger charge is -2.23. The molecular weight excluding hydrogens is 396 g/mol. The van der Waals surface area contributed by atoms with E-state index >= 15 is 0 Å². The van der Waals surface area contributed by atoms with Gasteiger partial charge in [-0.1, -0.05) is 41.7 Å². The minimum absolute atomic E-state index is 0.0677. The number of nitrogens with one attached hydrogen (secondary N) is 1. The monoisotopic (exact) mass is 422 g/mol. The number of anilines is 2. The summed E-state index contributed by atoms with van der Waals surface area (Å²) in [5.41, 5.74) is 2.98. The Hall–Kier alpha value is -2.74. The SMILES string of the molecule is CN(C)c1nc(C2CC2)c2sc(N3CCC[C@@H]3C(=O)NCc3ccccc3)nc2n1. The summed E-state index contributed by atoms with van der Waals surface area (Å²) in [6, 6.07) is 9.84. The number of nitrogens with zero attached hydrogens (tertiary/aromatic N) is 5. The van der Waals surface area contributed by atoms with E-state index in [0.29, 0.717) is 18.4 Å². The number of benzene rings is 1. The highest BCUT2D eigenvalue weighted by Gasteiger charge is 2.34. The second kappa shape index (κ2) is 7.83. The lowest BCUT2D eigenvalue weighted by molar-refractivity contribution is -0.122. The van der Waals surface area contributed by atoms with Crippen LogP contribution < -0.4 is 15.1 Å². The van der Waals surface area contributed by atoms with Crippen molar-refractivity contribution in [2.45, 2.75) is 44.2 Å². The van der Waals surface area contributed by atoms with Gasteiger partial charge < -0.3 is 15.1 Å². The molecule has 7 nitrogen and oxygen atoms in total. The van der Waals surface area contributed by atoms with Crippen LogP contribution in [0.25, 0.3) is 10.3 Å². The standard InChI is InChI=1S/C22H26N6OS/c1-27(2)21-24-17(15-10-11-15)18-19(25-21)26-22(30-18)28-12-6-9-16(28)20(29)23-13-14-7-4-3-5-8-14/h3-5,7-8,15-16H,6,9-13H2,1-2H3,(H,23,29)/t16-/m1/s1. The van der Waals surface area contributed by atoms with Crippen molar-refractivity contribution < 1.29 is 4.79 Å². The van der Waals surface area contributed by atoms with Gasteiger partial charge in [0.15, 0.2) is 10.8 Å². The van der Waals surface area contributed by atoms with Crippen molar-refractivity contribution in [1.82, 2.24) is 20.3 Å². The molecule has 2 fully saturated rings. The summed E-state index contributed by atoms with van der Waals surface area (Å²) >= 11 is 1.64. The van der Waals surface area contributed by atoms with Crippen LogP contribution in [0.2, 0.25) is 0 Å². The summed E-state index contributed by atoms with van der Waals surface area (Å²) in [5, 5.41) is 3.98. The largest absolute Gasteiger partial charge is 0.350 e. The maximum absolute atomic E-state index is 12.9. The fourth-order valence-electron chi connectivity index (χ4n) is 3.95. The maximum Gasteiger partial charge on any atom is 0.243 e. The van der Waals surface area contributed by atoms with Crippen molar-refractivity contribution in [2.75, 3.05) is 30.4 Å². The third-order valence-corrected chi connectivity index (χ3v) is 6.84. The molecule has 0 spiro atoms. The van der Waals surface area contributed by atoms with E-state index in [2.05, 4.69) is 15.2 Å². The quantitative estimate of drug-likeness (QED) is 0.657. The molecule has 1 aliphatic carbocycles. The van der Waals surface area contributed by atoms with E-state index in [0.717, 1.165) is 46.1 Å². The van der Waals surface area contributed by atoms with Gasteiger partial charge in [0.25, 0.3) is 0 Å². The van der Waals surface area contributed by atoms with Crippen molar-refractivity contribution >= 4 is 38.7 Å². The zero-order valence-corrected chi connectivity index (χ0v) is 18.2. The van der Waals surface area contributed by atoms with Crippen molar-refractivity contribution in [3.63, 3.8) is 0 Å². The number of rotatable bonds is 6. The molecule has 1 saturated heterocycles. The normalized spacial score (nSPS) is 18.7. The highest BCUT2D eigenvalue weighted by Crippen LogP contribution is 2.45. The van der Waals surface area contributed by atoms with Crippen molar-refractivity contribution in [3.05, 3.63) is 41.6 Å². The molecule has 1 aliphatic heterocycles. The van der Waals surface area contributed by atoms with Gasteiger partial charge >= 0.3 is 0 Å². The fourth-order valence-corrected chi connectivity index (χ4v) is 5.10. The minimum atomic E-state index is -0.181. The predicted molar refractivity (Wildman–Crippen MR) is 120 cm³/mol. The first-order chi connectivity index (χ1) is 14.6. The predicted octanol–water partition coefficient (Wildman–Crippen LogP) is 3.31. The van der Waals surface area contributed by atoms with Crippen molar-refractivity contribution in [1.29, 1.82) is 0 Å². The lowest BCUT2D eigenvalue weighted by Crippen LogP contribution is -2.43. The molecule has 0 unspecified atom stereocenters. The average Bonchev–Trinajstić information content (AvgIpc) is 3.32. The second-order valence-electron chi connectivity index (χ2n) is 8.28. The topological polar surface area (TPSA) is 74.2 Å². The van der Waals surface area contributed by atoms with Gasteiger partial charge in [-0.2, -0.15) is 9.97 Å². The molecule has 3 heterocycles. The summed E-state index contributed by atoms with van der Waals surface area (Å²) in [7, 11) is 3.91. The Labute approximate surface area is 180 Å². The molecule has 2 aliphatic rings. The minimum Gasteiger partial charge on any atom is -0.350 e. The van der Waals surface area contributed by atoms with Crippen molar-refractivity contribution in [3.8, 4) is 0 Å². The molecular formula is C22H26N6OS. The average molecular weight is 423 g/mol. The van der Waals surface area contributed by atoms with Crippen LogP contribution in [0.3, 0.4) is 0 Å². The van der Waals surface area contributed by atoms with Gasteiger partial charge in [0, 0.05) is 33.1 Å². The number of carbonyl (C=O) groups excluding carboxylic acids is 1. The number of hydrogen-bond donors (Lipinski definition) is 1. The van der Waals surface area contributed by atoms with Crippen LogP contribution in [0.4, 0.5) is 11.1 Å². The van der Waals surface area contributed by atoms with Gasteiger partial charge in [-0.25, -0.2) is 4.98 Å². The molecule has 1 aromatic carbocycles. The van der Waals surface area contributed by atoms with Crippen LogP contribution in [-0.2, 0) is 11.3 Å². The number of carbonyl (C=O) groups is 1. The molecule has 5 rings (SSSR count). The van der Waals surface area contributed by atoms with E-state index in [1.54, 1.807) is 11.3 Å². The molecule has 1 atom stereocenters. The smallest absolute Gasteiger partial charge is 0.243 e. The number of hydrogen-bond acceptors (Lipinski definition) is 7. The summed E-state index contributed by atoms with van der Waals surface area (Å²) < 4.78 is 1.08. The molecule has 0 radical (unpaired) electrons. The van der Waals surface area contributed by atoms with Gasteiger partial charge in [0.2, 0.25) is 11.9 Å². The fraction of sp³-hybridized carbons (Fsp3) is 0.455. The summed E-state index contributed by atoms with van der Waals surface area (Å²) in [5.74, 6) is 1.30. The van der Waals surface area contributed by atoms with Crippen LogP contribution in [0.5, 0.6) is 0 Å². The Morgan fingerprint density at radius 1 is 1.17 bits per heavy atom. The van der Waals surface area contributed by atoms with Crippen LogP contribution >= 0.6 is 11.3 Å². The van der Waals surface area contributed by atoms with Crippen LogP contribution in [0, 0.1) is 0 Å². The Balaban J connectivity index is 1.39. The van der Waals surface area contributed by atoms with Crippen LogP contribution in [-0.4, -0.2) is 47.5 Å². The molecule has 1 amide bonds. The molecule has 1 N–H and O–H groups in total. The third kappa shape index (κ3) is 3.71. The summed E-state index contributed by atoms with van der Waals surface area (Å²) in [6.07, 6.45) is 4.20.